The second-order valence-electron chi connectivity index (χ2n) is 6.78. The number of nitrogens with zero attached hydrogens (tertiary/aromatic N) is 1. The van der Waals surface area contributed by atoms with Gasteiger partial charge >= 0.3 is 6.18 Å². The zero-order chi connectivity index (χ0) is 20.5. The van der Waals surface area contributed by atoms with Gasteiger partial charge < -0.3 is 5.32 Å². The third kappa shape index (κ3) is 4.30. The van der Waals surface area contributed by atoms with Gasteiger partial charge in [0.2, 0.25) is 10.0 Å². The van der Waals surface area contributed by atoms with Crippen LogP contribution in [0, 0.1) is 12.7 Å². The van der Waals surface area contributed by atoms with Crippen molar-refractivity contribution in [2.45, 2.75) is 36.9 Å². The van der Waals surface area contributed by atoms with Gasteiger partial charge in [-0.15, -0.1) is 0 Å². The molecule has 0 aliphatic carbocycles. The molecule has 2 aromatic carbocycles. The van der Waals surface area contributed by atoms with Crippen LogP contribution in [-0.4, -0.2) is 31.9 Å². The molecule has 152 valence electrons. The lowest BCUT2D eigenvalue weighted by molar-refractivity contribution is -0.140. The minimum absolute atomic E-state index is 0.0616. The maximum absolute atomic E-state index is 13.5. The largest absolute Gasteiger partial charge is 0.419 e. The molecule has 0 aromatic heterocycles. The Kier molecular flexibility index (Phi) is 5.67. The third-order valence-electron chi connectivity index (χ3n) is 4.84. The molecule has 9 heteroatoms. The lowest BCUT2D eigenvalue weighted by Crippen LogP contribution is -2.42. The summed E-state index contributed by atoms with van der Waals surface area (Å²) in [6.07, 6.45) is -3.93. The van der Waals surface area contributed by atoms with Crippen molar-refractivity contribution < 1.29 is 26.0 Å². The molecular weight excluding hydrogens is 396 g/mol. The van der Waals surface area contributed by atoms with Crippen LogP contribution in [0.3, 0.4) is 0 Å². The Balaban J connectivity index is 1.72. The fourth-order valence-corrected chi connectivity index (χ4v) is 4.72. The topological polar surface area (TPSA) is 49.4 Å². The maximum Gasteiger partial charge on any atom is 0.419 e. The van der Waals surface area contributed by atoms with Crippen LogP contribution in [-0.2, 0) is 16.2 Å². The van der Waals surface area contributed by atoms with Crippen LogP contribution in [0.4, 0.5) is 23.2 Å². The summed E-state index contributed by atoms with van der Waals surface area (Å²) < 4.78 is 78.7. The number of piperidine rings is 1. The first-order chi connectivity index (χ1) is 13.1. The Labute approximate surface area is 161 Å². The molecule has 28 heavy (non-hydrogen) atoms. The molecule has 3 rings (SSSR count). The molecule has 0 amide bonds. The zero-order valence-corrected chi connectivity index (χ0v) is 15.9. The highest BCUT2D eigenvalue weighted by Gasteiger charge is 2.37. The normalized spacial score (nSPS) is 16.9. The highest BCUT2D eigenvalue weighted by Crippen LogP contribution is 2.34. The smallest absolute Gasteiger partial charge is 0.382 e. The second-order valence-corrected chi connectivity index (χ2v) is 8.71. The lowest BCUT2D eigenvalue weighted by Gasteiger charge is -2.32. The highest BCUT2D eigenvalue weighted by molar-refractivity contribution is 7.89. The number of anilines is 1. The summed E-state index contributed by atoms with van der Waals surface area (Å²) in [5.74, 6) is -1.49. The average molecular weight is 416 g/mol. The predicted molar refractivity (Wildman–Crippen MR) is 98.0 cm³/mol. The van der Waals surface area contributed by atoms with Crippen LogP contribution in [0.15, 0.2) is 47.4 Å². The number of benzene rings is 2. The molecule has 1 saturated heterocycles. The van der Waals surface area contributed by atoms with Gasteiger partial charge in [-0.25, -0.2) is 12.8 Å². The first-order valence-corrected chi connectivity index (χ1v) is 10.2. The van der Waals surface area contributed by atoms with Gasteiger partial charge in [0.1, 0.15) is 5.82 Å². The number of hydrogen-bond donors (Lipinski definition) is 1. The molecule has 1 aliphatic rings. The second kappa shape index (κ2) is 7.71. The van der Waals surface area contributed by atoms with Crippen molar-refractivity contribution in [1.29, 1.82) is 0 Å². The van der Waals surface area contributed by atoms with E-state index in [0.29, 0.717) is 25.0 Å². The van der Waals surface area contributed by atoms with E-state index in [1.54, 1.807) is 0 Å². The number of halogens is 4. The fourth-order valence-electron chi connectivity index (χ4n) is 3.23. The molecule has 0 atom stereocenters. The average Bonchev–Trinajstić information content (AvgIpc) is 2.63. The number of aryl methyl sites for hydroxylation is 1. The van der Waals surface area contributed by atoms with E-state index in [9.17, 15) is 26.0 Å². The van der Waals surface area contributed by atoms with Crippen molar-refractivity contribution in [3.05, 3.63) is 59.4 Å². The number of para-hydroxylation sites is 1. The van der Waals surface area contributed by atoms with Gasteiger partial charge in [-0.05, 0) is 49.6 Å². The van der Waals surface area contributed by atoms with Crippen molar-refractivity contribution in [3.8, 4) is 0 Å². The number of nitrogens with one attached hydrogen (secondary N) is 1. The lowest BCUT2D eigenvalue weighted by atomic mass is 10.1. The molecule has 0 saturated carbocycles. The van der Waals surface area contributed by atoms with Crippen molar-refractivity contribution in [1.82, 2.24) is 4.31 Å². The van der Waals surface area contributed by atoms with Crippen molar-refractivity contribution >= 4 is 15.7 Å². The van der Waals surface area contributed by atoms with Gasteiger partial charge in [0.15, 0.2) is 0 Å². The van der Waals surface area contributed by atoms with Crippen LogP contribution in [0.1, 0.15) is 24.0 Å². The Morgan fingerprint density at radius 1 is 1.07 bits per heavy atom. The zero-order valence-electron chi connectivity index (χ0n) is 15.1. The number of sulfonamides is 1. The van der Waals surface area contributed by atoms with Crippen LogP contribution < -0.4 is 5.32 Å². The first-order valence-electron chi connectivity index (χ1n) is 8.78. The Hall–Kier alpha value is -2.13. The third-order valence-corrected chi connectivity index (χ3v) is 6.73. The Morgan fingerprint density at radius 3 is 2.32 bits per heavy atom. The molecule has 0 radical (unpaired) electrons. The molecule has 2 aromatic rings. The molecule has 1 fully saturated rings. The van der Waals surface area contributed by atoms with E-state index in [2.05, 4.69) is 5.32 Å². The molecule has 1 N–H and O–H groups in total. The summed E-state index contributed by atoms with van der Waals surface area (Å²) >= 11 is 0. The number of hydrogen-bond acceptors (Lipinski definition) is 3. The van der Waals surface area contributed by atoms with Crippen molar-refractivity contribution in [2.75, 3.05) is 18.4 Å². The van der Waals surface area contributed by atoms with Gasteiger partial charge in [-0.3, -0.25) is 0 Å². The molecule has 0 bridgehead atoms. The standard InChI is InChI=1S/C19H20F4N2O2S/c1-13-4-2-3-5-18(13)24-14-8-10-25(11-9-14)28(26,27)15-6-7-17(20)16(12-15)19(21,22)23/h2-7,12,14,24H,8-11H2,1H3. The van der Waals surface area contributed by atoms with E-state index in [-0.39, 0.29) is 19.1 Å². The fraction of sp³-hybridized carbons (Fsp3) is 0.368. The minimum Gasteiger partial charge on any atom is -0.382 e. The summed E-state index contributed by atoms with van der Waals surface area (Å²) in [4.78, 5) is -0.550. The minimum atomic E-state index is -4.96. The highest BCUT2D eigenvalue weighted by atomic mass is 32.2. The van der Waals surface area contributed by atoms with Gasteiger partial charge in [0.25, 0.3) is 0 Å². The van der Waals surface area contributed by atoms with Crippen LogP contribution in [0.5, 0.6) is 0 Å². The van der Waals surface area contributed by atoms with E-state index >= 15 is 0 Å². The van der Waals surface area contributed by atoms with E-state index in [0.717, 1.165) is 21.6 Å². The van der Waals surface area contributed by atoms with Crippen LogP contribution >= 0.6 is 0 Å². The Bertz CT molecular complexity index is 953. The van der Waals surface area contributed by atoms with Crippen LogP contribution in [0.25, 0.3) is 0 Å². The number of alkyl halides is 3. The van der Waals surface area contributed by atoms with Crippen molar-refractivity contribution in [3.63, 3.8) is 0 Å². The summed E-state index contributed by atoms with van der Waals surface area (Å²) in [5.41, 5.74) is 0.463. The Morgan fingerprint density at radius 2 is 1.71 bits per heavy atom. The molecular formula is C19H20F4N2O2S. The van der Waals surface area contributed by atoms with Gasteiger partial charge in [0, 0.05) is 24.8 Å². The first kappa shape index (κ1) is 20.6. The van der Waals surface area contributed by atoms with E-state index in [1.165, 1.54) is 0 Å². The van der Waals surface area contributed by atoms with Crippen LogP contribution in [0.2, 0.25) is 0 Å². The molecule has 0 spiro atoms. The van der Waals surface area contributed by atoms with Gasteiger partial charge in [-0.1, -0.05) is 18.2 Å². The van der Waals surface area contributed by atoms with Gasteiger partial charge in [0.05, 0.1) is 10.5 Å². The molecule has 1 aliphatic heterocycles. The molecule has 1 heterocycles. The monoisotopic (exact) mass is 416 g/mol. The summed E-state index contributed by atoms with van der Waals surface area (Å²) in [5, 5.41) is 3.38. The molecule has 0 unspecified atom stereocenters. The quantitative estimate of drug-likeness (QED) is 0.751. The van der Waals surface area contributed by atoms with Crippen molar-refractivity contribution in [2.24, 2.45) is 0 Å². The summed E-state index contributed by atoms with van der Waals surface area (Å²) in [7, 11) is -4.13. The summed E-state index contributed by atoms with van der Waals surface area (Å²) in [6.45, 7) is 2.31. The van der Waals surface area contributed by atoms with E-state index < -0.39 is 32.5 Å². The van der Waals surface area contributed by atoms with E-state index in [4.69, 9.17) is 0 Å². The predicted octanol–water partition coefficient (Wildman–Crippen LogP) is 4.42. The van der Waals surface area contributed by atoms with Gasteiger partial charge in [-0.2, -0.15) is 17.5 Å². The van der Waals surface area contributed by atoms with E-state index in [1.807, 2.05) is 31.2 Å². The maximum atomic E-state index is 13.5. The summed E-state index contributed by atoms with van der Waals surface area (Å²) in [6, 6.07) is 9.58. The SMILES string of the molecule is Cc1ccccc1NC1CCN(S(=O)(=O)c2ccc(F)c(C(F)(F)F)c2)CC1. The molecule has 4 nitrogen and oxygen atoms in total. The number of rotatable bonds is 4.